The molecule has 0 unspecified atom stereocenters. The van der Waals surface area contributed by atoms with Gasteiger partial charge in [-0.3, -0.25) is 0 Å². The molecule has 1 rings (SSSR count). The second kappa shape index (κ2) is 4.31. The third-order valence-electron chi connectivity index (χ3n) is 2.59. The summed E-state index contributed by atoms with van der Waals surface area (Å²) in [6.07, 6.45) is -0.0541. The lowest BCUT2D eigenvalue weighted by Crippen LogP contribution is -2.32. The number of halogens is 1. The summed E-state index contributed by atoms with van der Waals surface area (Å²) < 4.78 is 38.0. The van der Waals surface area contributed by atoms with Gasteiger partial charge >= 0.3 is 0 Å². The van der Waals surface area contributed by atoms with Crippen molar-refractivity contribution in [1.82, 2.24) is 0 Å². The quantitative estimate of drug-likeness (QED) is 0.797. The second-order valence-electron chi connectivity index (χ2n) is 3.41. The lowest BCUT2D eigenvalue weighted by atomic mass is 10.2. The Labute approximate surface area is 90.0 Å². The summed E-state index contributed by atoms with van der Waals surface area (Å²) >= 11 is 0. The topological polar surface area (TPSA) is 34.1 Å². The molecule has 1 aromatic rings. The minimum absolute atomic E-state index is 0.0271. The molecule has 0 aromatic heterocycles. The lowest BCUT2D eigenvalue weighted by molar-refractivity contribution is 0.250. The van der Waals surface area contributed by atoms with E-state index in [-0.39, 0.29) is 17.7 Å². The maximum absolute atomic E-state index is 14.1. The molecule has 0 aliphatic heterocycles. The van der Waals surface area contributed by atoms with Gasteiger partial charge in [-0.2, -0.15) is 0 Å². The molecule has 1 aromatic carbocycles. The van der Waals surface area contributed by atoms with Crippen molar-refractivity contribution in [2.75, 3.05) is 0 Å². The molecule has 4 heteroatoms. The zero-order valence-corrected chi connectivity index (χ0v) is 9.72. The first kappa shape index (κ1) is 12.2. The number of hydrogen-bond donors (Lipinski definition) is 0. The van der Waals surface area contributed by atoms with Gasteiger partial charge in [0, 0.05) is 0 Å². The SMILES string of the molecule is CCC(F)(CC)S(=O)(=O)c1ccccc1. The number of alkyl halides is 1. The minimum atomic E-state index is -3.87. The van der Waals surface area contributed by atoms with Crippen molar-refractivity contribution in [2.45, 2.75) is 36.6 Å². The Kier molecular flexibility index (Phi) is 3.50. The normalized spacial score (nSPS) is 12.7. The van der Waals surface area contributed by atoms with E-state index in [1.165, 1.54) is 12.1 Å². The molecule has 0 aliphatic rings. The number of benzene rings is 1. The van der Waals surface area contributed by atoms with Crippen LogP contribution in [-0.4, -0.2) is 13.4 Å². The summed E-state index contributed by atoms with van der Waals surface area (Å²) in [5.74, 6) is 0. The molecule has 0 fully saturated rings. The fourth-order valence-corrected chi connectivity index (χ4v) is 3.14. The van der Waals surface area contributed by atoms with Crippen molar-refractivity contribution in [3.8, 4) is 0 Å². The average Bonchev–Trinajstić information content (AvgIpc) is 2.29. The van der Waals surface area contributed by atoms with Gasteiger partial charge in [0.1, 0.15) is 0 Å². The number of sulfone groups is 1. The van der Waals surface area contributed by atoms with Crippen LogP contribution in [0.15, 0.2) is 35.2 Å². The van der Waals surface area contributed by atoms with Crippen LogP contribution in [0.3, 0.4) is 0 Å². The molecule has 0 saturated carbocycles. The summed E-state index contributed by atoms with van der Waals surface area (Å²) in [5.41, 5.74) is 0. The van der Waals surface area contributed by atoms with E-state index in [1.54, 1.807) is 32.0 Å². The van der Waals surface area contributed by atoms with Gasteiger partial charge in [-0.25, -0.2) is 12.8 Å². The summed E-state index contributed by atoms with van der Waals surface area (Å²) in [5, 5.41) is -2.14. The molecule has 0 bridgehead atoms. The first-order chi connectivity index (χ1) is 6.98. The molecular formula is C11H15FO2S. The van der Waals surface area contributed by atoms with Gasteiger partial charge < -0.3 is 0 Å². The largest absolute Gasteiger partial charge is 0.226 e. The first-order valence-electron chi connectivity index (χ1n) is 4.96. The van der Waals surface area contributed by atoms with Crippen LogP contribution in [0.1, 0.15) is 26.7 Å². The molecular weight excluding hydrogens is 215 g/mol. The van der Waals surface area contributed by atoms with E-state index in [0.29, 0.717) is 0 Å². The van der Waals surface area contributed by atoms with E-state index in [0.717, 1.165) is 0 Å². The van der Waals surface area contributed by atoms with E-state index >= 15 is 0 Å². The fourth-order valence-electron chi connectivity index (χ4n) is 1.44. The van der Waals surface area contributed by atoms with Crippen LogP contribution in [0.5, 0.6) is 0 Å². The third kappa shape index (κ3) is 2.04. The maximum Gasteiger partial charge on any atom is 0.214 e. The minimum Gasteiger partial charge on any atom is -0.226 e. The van der Waals surface area contributed by atoms with E-state index in [9.17, 15) is 12.8 Å². The van der Waals surface area contributed by atoms with Crippen LogP contribution in [0.2, 0.25) is 0 Å². The van der Waals surface area contributed by atoms with Crippen molar-refractivity contribution in [2.24, 2.45) is 0 Å². The molecule has 0 aliphatic carbocycles. The second-order valence-corrected chi connectivity index (χ2v) is 5.62. The molecule has 2 nitrogen and oxygen atoms in total. The highest BCUT2D eigenvalue weighted by atomic mass is 32.2. The Morgan fingerprint density at radius 3 is 2.00 bits per heavy atom. The average molecular weight is 230 g/mol. The summed E-state index contributed by atoms with van der Waals surface area (Å²) in [7, 11) is -3.87. The van der Waals surface area contributed by atoms with Gasteiger partial charge in [-0.15, -0.1) is 0 Å². The van der Waals surface area contributed by atoms with Gasteiger partial charge in [0.2, 0.25) is 14.8 Å². The maximum atomic E-state index is 14.1. The Morgan fingerprint density at radius 2 is 1.60 bits per heavy atom. The zero-order chi connectivity index (χ0) is 11.5. The van der Waals surface area contributed by atoms with Crippen LogP contribution in [0, 0.1) is 0 Å². The van der Waals surface area contributed by atoms with Gasteiger partial charge in [0.15, 0.2) is 0 Å². The van der Waals surface area contributed by atoms with Gasteiger partial charge in [-0.05, 0) is 25.0 Å². The van der Waals surface area contributed by atoms with E-state index in [4.69, 9.17) is 0 Å². The number of hydrogen-bond acceptors (Lipinski definition) is 2. The van der Waals surface area contributed by atoms with Crippen LogP contribution in [0.25, 0.3) is 0 Å². The molecule has 0 atom stereocenters. The van der Waals surface area contributed by atoms with Crippen molar-refractivity contribution < 1.29 is 12.8 Å². The highest BCUT2D eigenvalue weighted by Crippen LogP contribution is 2.33. The molecule has 0 radical (unpaired) electrons. The van der Waals surface area contributed by atoms with Crippen molar-refractivity contribution in [3.05, 3.63) is 30.3 Å². The summed E-state index contributed by atoms with van der Waals surface area (Å²) in [4.78, 5) is 0.0520. The van der Waals surface area contributed by atoms with Crippen LogP contribution < -0.4 is 0 Å². The molecule has 0 N–H and O–H groups in total. The Morgan fingerprint density at radius 1 is 1.13 bits per heavy atom. The molecule has 15 heavy (non-hydrogen) atoms. The number of rotatable bonds is 4. The van der Waals surface area contributed by atoms with E-state index < -0.39 is 14.8 Å². The molecule has 0 heterocycles. The standard InChI is InChI=1S/C11H15FO2S/c1-3-11(12,4-2)15(13,14)10-8-6-5-7-9-10/h5-9H,3-4H2,1-2H3. The fraction of sp³-hybridized carbons (Fsp3) is 0.455. The molecule has 0 spiro atoms. The van der Waals surface area contributed by atoms with E-state index in [2.05, 4.69) is 0 Å². The lowest BCUT2D eigenvalue weighted by Gasteiger charge is -2.22. The molecule has 0 amide bonds. The van der Waals surface area contributed by atoms with Gasteiger partial charge in [0.25, 0.3) is 0 Å². The van der Waals surface area contributed by atoms with Crippen molar-refractivity contribution >= 4 is 9.84 Å². The summed E-state index contributed by atoms with van der Waals surface area (Å²) in [6, 6.07) is 7.75. The predicted octanol–water partition coefficient (Wildman–Crippen LogP) is 2.95. The van der Waals surface area contributed by atoms with Crippen LogP contribution in [0.4, 0.5) is 4.39 Å². The molecule has 0 saturated heterocycles. The first-order valence-corrected chi connectivity index (χ1v) is 6.45. The third-order valence-corrected chi connectivity index (χ3v) is 5.02. The highest BCUT2D eigenvalue weighted by molar-refractivity contribution is 7.92. The summed E-state index contributed by atoms with van der Waals surface area (Å²) in [6.45, 7) is 3.09. The van der Waals surface area contributed by atoms with Gasteiger partial charge in [-0.1, -0.05) is 32.0 Å². The molecule has 84 valence electrons. The van der Waals surface area contributed by atoms with Crippen LogP contribution in [-0.2, 0) is 9.84 Å². The smallest absolute Gasteiger partial charge is 0.214 e. The Balaban J connectivity index is 3.25. The van der Waals surface area contributed by atoms with E-state index in [1.807, 2.05) is 0 Å². The Hall–Kier alpha value is -0.900. The van der Waals surface area contributed by atoms with Gasteiger partial charge in [0.05, 0.1) is 4.90 Å². The van der Waals surface area contributed by atoms with Crippen molar-refractivity contribution in [1.29, 1.82) is 0 Å². The zero-order valence-electron chi connectivity index (χ0n) is 8.90. The van der Waals surface area contributed by atoms with Crippen LogP contribution >= 0.6 is 0 Å². The predicted molar refractivity (Wildman–Crippen MR) is 58.0 cm³/mol. The Bertz CT molecular complexity index is 407. The monoisotopic (exact) mass is 230 g/mol. The highest BCUT2D eigenvalue weighted by Gasteiger charge is 2.41. The van der Waals surface area contributed by atoms with Crippen molar-refractivity contribution in [3.63, 3.8) is 0 Å².